The van der Waals surface area contributed by atoms with E-state index in [1.807, 2.05) is 54.6 Å². The summed E-state index contributed by atoms with van der Waals surface area (Å²) in [5.74, 6) is 0.635. The Hall–Kier alpha value is -4.40. The molecular formula is C33H26ClFN2O4S. The minimum absolute atomic E-state index is 0.0134. The molecule has 0 N–H and O–H groups in total. The van der Waals surface area contributed by atoms with Crippen LogP contribution in [0.5, 0.6) is 0 Å². The zero-order valence-electron chi connectivity index (χ0n) is 22.4. The third kappa shape index (κ3) is 5.55. The van der Waals surface area contributed by atoms with E-state index in [2.05, 4.69) is 0 Å². The third-order valence-electron chi connectivity index (χ3n) is 7.26. The number of hydrogen-bond donors (Lipinski definition) is 0. The van der Waals surface area contributed by atoms with Crippen molar-refractivity contribution in [1.82, 2.24) is 4.90 Å². The summed E-state index contributed by atoms with van der Waals surface area (Å²) in [7, 11) is -4.27. The standard InChI is InChI=1S/C33H26ClFN2O4S/c34-29-16-11-26(33(38)36-18-17-25-19-30(41-31(25)22-36)24-9-5-2-6-10-24)20-32(29)42(39,40)37(21-23-7-3-1-4-8-23)28-14-12-27(35)13-15-28/h1-16,19-20H,17-18,21-22H2. The summed E-state index contributed by atoms with van der Waals surface area (Å²) in [5, 5.41) is -0.0220. The zero-order valence-corrected chi connectivity index (χ0v) is 24.0. The molecule has 5 aromatic rings. The Balaban J connectivity index is 1.30. The monoisotopic (exact) mass is 600 g/mol. The number of carbonyl (C=O) groups excluding carboxylic acids is 1. The second-order valence-electron chi connectivity index (χ2n) is 10.0. The van der Waals surface area contributed by atoms with E-state index in [9.17, 15) is 17.6 Å². The lowest BCUT2D eigenvalue weighted by Gasteiger charge is -2.27. The van der Waals surface area contributed by atoms with Crippen molar-refractivity contribution >= 4 is 33.2 Å². The minimum atomic E-state index is -4.27. The van der Waals surface area contributed by atoms with Gasteiger partial charge in [-0.1, -0.05) is 72.3 Å². The summed E-state index contributed by atoms with van der Waals surface area (Å²) in [6.07, 6.45) is 0.617. The average molecular weight is 601 g/mol. The van der Waals surface area contributed by atoms with E-state index >= 15 is 0 Å². The highest BCUT2D eigenvalue weighted by molar-refractivity contribution is 7.93. The molecule has 212 valence electrons. The summed E-state index contributed by atoms with van der Waals surface area (Å²) in [4.78, 5) is 15.1. The molecule has 6 rings (SSSR count). The summed E-state index contributed by atoms with van der Waals surface area (Å²) >= 11 is 6.45. The van der Waals surface area contributed by atoms with Gasteiger partial charge >= 0.3 is 0 Å². The number of halogens is 2. The Kier molecular flexibility index (Phi) is 7.58. The van der Waals surface area contributed by atoms with Crippen molar-refractivity contribution in [2.24, 2.45) is 0 Å². The molecule has 9 heteroatoms. The smallest absolute Gasteiger partial charge is 0.266 e. The van der Waals surface area contributed by atoms with Crippen molar-refractivity contribution in [3.05, 3.63) is 142 Å². The highest BCUT2D eigenvalue weighted by atomic mass is 35.5. The van der Waals surface area contributed by atoms with Gasteiger partial charge in [-0.3, -0.25) is 9.10 Å². The van der Waals surface area contributed by atoms with Gasteiger partial charge in [0.15, 0.2) is 0 Å². The second-order valence-corrected chi connectivity index (χ2v) is 12.3. The molecule has 6 nitrogen and oxygen atoms in total. The van der Waals surface area contributed by atoms with E-state index in [-0.39, 0.29) is 40.2 Å². The maximum absolute atomic E-state index is 14.1. The number of furan rings is 1. The third-order valence-corrected chi connectivity index (χ3v) is 9.51. The van der Waals surface area contributed by atoms with Gasteiger partial charge in [-0.05, 0) is 66.1 Å². The summed E-state index contributed by atoms with van der Waals surface area (Å²) in [6.45, 7) is 0.710. The number of sulfonamides is 1. The van der Waals surface area contributed by atoms with Crippen LogP contribution in [0.2, 0.25) is 5.02 Å². The van der Waals surface area contributed by atoms with Gasteiger partial charge in [0.1, 0.15) is 22.2 Å². The molecule has 2 heterocycles. The lowest BCUT2D eigenvalue weighted by atomic mass is 10.1. The van der Waals surface area contributed by atoms with Crippen LogP contribution in [0, 0.1) is 5.82 Å². The van der Waals surface area contributed by atoms with Gasteiger partial charge in [-0.2, -0.15) is 0 Å². The van der Waals surface area contributed by atoms with Crippen LogP contribution in [0.1, 0.15) is 27.2 Å². The van der Waals surface area contributed by atoms with Crippen LogP contribution in [0.15, 0.2) is 119 Å². The Morgan fingerprint density at radius 1 is 0.905 bits per heavy atom. The molecule has 1 aliphatic rings. The fourth-order valence-electron chi connectivity index (χ4n) is 5.04. The fraction of sp³-hybridized carbons (Fsp3) is 0.121. The van der Waals surface area contributed by atoms with Gasteiger partial charge in [0.2, 0.25) is 0 Å². The first-order valence-electron chi connectivity index (χ1n) is 13.4. The Bertz CT molecular complexity index is 1840. The molecule has 0 spiro atoms. The molecular weight excluding hydrogens is 575 g/mol. The molecule has 42 heavy (non-hydrogen) atoms. The molecule has 0 fully saturated rings. The highest BCUT2D eigenvalue weighted by Crippen LogP contribution is 2.33. The minimum Gasteiger partial charge on any atom is -0.459 e. The van der Waals surface area contributed by atoms with Crippen LogP contribution >= 0.6 is 11.6 Å². The fourth-order valence-corrected chi connectivity index (χ4v) is 7.00. The van der Waals surface area contributed by atoms with Gasteiger partial charge < -0.3 is 9.32 Å². The van der Waals surface area contributed by atoms with Crippen LogP contribution < -0.4 is 4.31 Å². The van der Waals surface area contributed by atoms with E-state index in [0.717, 1.165) is 22.5 Å². The molecule has 0 aliphatic carbocycles. The van der Waals surface area contributed by atoms with Crippen molar-refractivity contribution in [2.75, 3.05) is 10.8 Å². The van der Waals surface area contributed by atoms with E-state index in [4.69, 9.17) is 16.0 Å². The number of amides is 1. The van der Waals surface area contributed by atoms with E-state index in [0.29, 0.717) is 18.7 Å². The van der Waals surface area contributed by atoms with Gasteiger partial charge in [-0.15, -0.1) is 0 Å². The quantitative estimate of drug-likeness (QED) is 0.196. The molecule has 1 amide bonds. The van der Waals surface area contributed by atoms with Crippen molar-refractivity contribution in [3.63, 3.8) is 0 Å². The van der Waals surface area contributed by atoms with Gasteiger partial charge in [0.05, 0.1) is 23.8 Å². The molecule has 0 atom stereocenters. The van der Waals surface area contributed by atoms with Gasteiger partial charge in [-0.25, -0.2) is 12.8 Å². The van der Waals surface area contributed by atoms with Crippen LogP contribution in [0.4, 0.5) is 10.1 Å². The van der Waals surface area contributed by atoms with Gasteiger partial charge in [0, 0.05) is 17.7 Å². The first-order chi connectivity index (χ1) is 20.3. The predicted octanol–water partition coefficient (Wildman–Crippen LogP) is 7.33. The van der Waals surface area contributed by atoms with E-state index < -0.39 is 15.8 Å². The van der Waals surface area contributed by atoms with Crippen molar-refractivity contribution < 1.29 is 22.0 Å². The van der Waals surface area contributed by atoms with Gasteiger partial charge in [0.25, 0.3) is 15.9 Å². The second kappa shape index (κ2) is 11.5. The lowest BCUT2D eigenvalue weighted by molar-refractivity contribution is 0.0720. The molecule has 0 saturated carbocycles. The summed E-state index contributed by atoms with van der Waals surface area (Å²) < 4.78 is 49.2. The highest BCUT2D eigenvalue weighted by Gasteiger charge is 2.31. The van der Waals surface area contributed by atoms with Crippen LogP contribution in [0.3, 0.4) is 0 Å². The van der Waals surface area contributed by atoms with Crippen LogP contribution in [0.25, 0.3) is 11.3 Å². The number of fused-ring (bicyclic) bond motifs is 1. The van der Waals surface area contributed by atoms with Crippen molar-refractivity contribution in [2.45, 2.75) is 24.4 Å². The van der Waals surface area contributed by atoms with Crippen LogP contribution in [-0.2, 0) is 29.5 Å². The first-order valence-corrected chi connectivity index (χ1v) is 15.2. The number of rotatable bonds is 7. The largest absolute Gasteiger partial charge is 0.459 e. The number of nitrogens with zero attached hydrogens (tertiary/aromatic N) is 2. The number of anilines is 1. The predicted molar refractivity (Wildman–Crippen MR) is 160 cm³/mol. The molecule has 0 radical (unpaired) electrons. The zero-order chi connectivity index (χ0) is 29.3. The lowest BCUT2D eigenvalue weighted by Crippen LogP contribution is -2.36. The maximum Gasteiger partial charge on any atom is 0.266 e. The summed E-state index contributed by atoms with van der Waals surface area (Å²) in [5.41, 5.74) is 3.19. The Morgan fingerprint density at radius 3 is 2.31 bits per heavy atom. The average Bonchev–Trinajstić information content (AvgIpc) is 3.45. The normalized spacial score (nSPS) is 13.0. The number of hydrogen-bond acceptors (Lipinski definition) is 4. The number of carbonyl (C=O) groups is 1. The molecule has 1 aliphatic heterocycles. The Labute approximate surface area is 248 Å². The molecule has 0 saturated heterocycles. The molecule has 1 aromatic heterocycles. The van der Waals surface area contributed by atoms with E-state index in [1.165, 1.54) is 46.8 Å². The van der Waals surface area contributed by atoms with Crippen molar-refractivity contribution in [1.29, 1.82) is 0 Å². The molecule has 0 unspecified atom stereocenters. The van der Waals surface area contributed by atoms with Crippen molar-refractivity contribution in [3.8, 4) is 11.3 Å². The Morgan fingerprint density at radius 2 is 1.60 bits per heavy atom. The summed E-state index contributed by atoms with van der Waals surface area (Å²) in [6, 6.07) is 30.3. The molecule has 4 aromatic carbocycles. The first kappa shape index (κ1) is 27.8. The van der Waals surface area contributed by atoms with E-state index in [1.54, 1.807) is 17.0 Å². The number of benzene rings is 4. The SMILES string of the molecule is O=C(c1ccc(Cl)c(S(=O)(=O)N(Cc2ccccc2)c2ccc(F)cc2)c1)N1CCc2cc(-c3ccccc3)oc2C1. The topological polar surface area (TPSA) is 70.8 Å². The van der Waals surface area contributed by atoms with Crippen LogP contribution in [-0.4, -0.2) is 25.8 Å². The maximum atomic E-state index is 14.1. The molecule has 0 bridgehead atoms.